The lowest BCUT2D eigenvalue weighted by atomic mass is 10.2. The molecule has 1 aliphatic heterocycles. The zero-order valence-electron chi connectivity index (χ0n) is 25.5. The summed E-state index contributed by atoms with van der Waals surface area (Å²) >= 11 is 12.0. The molecular weight excluding hydrogens is 775 g/mol. The highest BCUT2D eigenvalue weighted by Crippen LogP contribution is 2.28. The molecule has 246 valence electrons. The lowest BCUT2D eigenvalue weighted by molar-refractivity contribution is 0.0618. The number of benzene rings is 2. The number of methoxy groups -OCH3 is 1. The molecule has 14 heteroatoms. The summed E-state index contributed by atoms with van der Waals surface area (Å²) in [6.45, 7) is 3.55. The maximum atomic E-state index is 13.5. The molecule has 4 heterocycles. The van der Waals surface area contributed by atoms with E-state index in [9.17, 15) is 9.59 Å². The van der Waals surface area contributed by atoms with E-state index in [2.05, 4.69) is 20.2 Å². The number of carbonyl (C=O) groups excluding carboxylic acids is 2. The first-order valence-corrected chi connectivity index (χ1v) is 15.0. The highest BCUT2D eigenvalue weighted by molar-refractivity contribution is 8.93. The van der Waals surface area contributed by atoms with Gasteiger partial charge in [0.2, 0.25) is 5.88 Å². The van der Waals surface area contributed by atoms with Gasteiger partial charge in [-0.15, -0.1) is 34.0 Å². The molecule has 0 spiro atoms. The van der Waals surface area contributed by atoms with Crippen LogP contribution in [0.3, 0.4) is 0 Å². The number of rotatable bonds is 8. The van der Waals surface area contributed by atoms with E-state index in [0.29, 0.717) is 51.7 Å². The molecule has 1 fully saturated rings. The van der Waals surface area contributed by atoms with Crippen molar-refractivity contribution in [2.75, 3.05) is 38.6 Å². The Morgan fingerprint density at radius 1 is 0.851 bits per heavy atom. The third-order valence-electron chi connectivity index (χ3n) is 7.71. The second kappa shape index (κ2) is 15.9. The van der Waals surface area contributed by atoms with E-state index in [1.54, 1.807) is 37.6 Å². The Morgan fingerprint density at radius 2 is 1.62 bits per heavy atom. The molecule has 1 aliphatic rings. The average Bonchev–Trinajstić information content (AvgIpc) is 3.38. The van der Waals surface area contributed by atoms with Gasteiger partial charge in [-0.2, -0.15) is 0 Å². The van der Waals surface area contributed by atoms with E-state index < -0.39 is 0 Å². The van der Waals surface area contributed by atoms with Gasteiger partial charge in [0.1, 0.15) is 17.2 Å². The Hall–Kier alpha value is -3.68. The number of aromatic nitrogens is 3. The fourth-order valence-corrected chi connectivity index (χ4v) is 5.50. The van der Waals surface area contributed by atoms with Crippen LogP contribution in [0.25, 0.3) is 10.9 Å². The first-order valence-electron chi connectivity index (χ1n) is 14.3. The van der Waals surface area contributed by atoms with Crippen molar-refractivity contribution in [3.63, 3.8) is 0 Å². The van der Waals surface area contributed by atoms with Gasteiger partial charge in [0.25, 0.3) is 11.8 Å². The maximum Gasteiger partial charge on any atom is 0.270 e. The van der Waals surface area contributed by atoms with E-state index in [1.807, 2.05) is 52.9 Å². The van der Waals surface area contributed by atoms with Crippen LogP contribution in [0, 0.1) is 0 Å². The number of carbonyl (C=O) groups is 2. The summed E-state index contributed by atoms with van der Waals surface area (Å²) in [5.41, 5.74) is 3.39. The van der Waals surface area contributed by atoms with Crippen LogP contribution >= 0.6 is 57.2 Å². The number of nitrogens with zero attached hydrogens (tertiary/aromatic N) is 5. The summed E-state index contributed by atoms with van der Waals surface area (Å²) in [7, 11) is 3.52. The minimum Gasteiger partial charge on any atom is -0.495 e. The Balaban J connectivity index is 0.00000250. The van der Waals surface area contributed by atoms with Gasteiger partial charge in [0, 0.05) is 62.3 Å². The van der Waals surface area contributed by atoms with Gasteiger partial charge in [0.05, 0.1) is 40.9 Å². The Labute approximate surface area is 303 Å². The number of pyridine rings is 2. The Bertz CT molecular complexity index is 1860. The van der Waals surface area contributed by atoms with Crippen LogP contribution in [-0.4, -0.2) is 69.4 Å². The number of ether oxygens (including phenoxy) is 2. The van der Waals surface area contributed by atoms with Crippen molar-refractivity contribution >= 4 is 85.6 Å². The number of amides is 2. The second-order valence-corrected chi connectivity index (χ2v) is 11.5. The van der Waals surface area contributed by atoms with Crippen molar-refractivity contribution in [1.29, 1.82) is 0 Å². The van der Waals surface area contributed by atoms with Gasteiger partial charge < -0.3 is 24.3 Å². The van der Waals surface area contributed by atoms with Crippen molar-refractivity contribution in [3.05, 3.63) is 106 Å². The van der Waals surface area contributed by atoms with Gasteiger partial charge in [-0.05, 0) is 60.7 Å². The summed E-state index contributed by atoms with van der Waals surface area (Å²) in [5, 5.41) is 4.34. The topological polar surface area (TPSA) is 102 Å². The second-order valence-electron chi connectivity index (χ2n) is 10.6. The lowest BCUT2D eigenvalue weighted by Gasteiger charge is -2.34. The third kappa shape index (κ3) is 8.43. The smallest absolute Gasteiger partial charge is 0.270 e. The SMILES string of the molecule is Br.Br.COc1ccc(CN2CCN(C(=O)c3cc4cc(Oc5ccc(NC(=O)c6ccc(Cl)c(Cl)c6)cn5)ccc4n3C)CC2)nc1. The molecule has 0 unspecified atom stereocenters. The van der Waals surface area contributed by atoms with Crippen LogP contribution in [-0.2, 0) is 13.6 Å². The standard InChI is InChI=1S/C33H30Cl2N6O4.2BrH/c1-39-29-9-7-25(45-31-10-5-23(18-37-31)38-32(42)21-3-8-27(34)28(35)16-21)15-22(29)17-30(39)33(43)41-13-11-40(12-14-41)20-24-4-6-26(44-2)19-36-24;;/h3-10,15-19H,11-14,20H2,1-2H3,(H,38,42);2*1H. The summed E-state index contributed by atoms with van der Waals surface area (Å²) in [6, 6.07) is 19.5. The molecule has 0 bridgehead atoms. The Kier molecular flexibility index (Phi) is 12.3. The van der Waals surface area contributed by atoms with Crippen molar-refractivity contribution in [3.8, 4) is 17.4 Å². The van der Waals surface area contributed by atoms with Crippen LogP contribution in [0.1, 0.15) is 26.5 Å². The average molecular weight is 807 g/mol. The molecule has 0 saturated carbocycles. The Morgan fingerprint density at radius 3 is 2.28 bits per heavy atom. The molecule has 47 heavy (non-hydrogen) atoms. The number of hydrogen-bond acceptors (Lipinski definition) is 7. The van der Waals surface area contributed by atoms with Gasteiger partial charge in [-0.3, -0.25) is 19.5 Å². The number of piperazine rings is 1. The largest absolute Gasteiger partial charge is 0.495 e. The van der Waals surface area contributed by atoms with Crippen molar-refractivity contribution in [1.82, 2.24) is 24.3 Å². The van der Waals surface area contributed by atoms with Crippen LogP contribution in [0.5, 0.6) is 17.4 Å². The maximum absolute atomic E-state index is 13.5. The van der Waals surface area contributed by atoms with Crippen LogP contribution in [0.4, 0.5) is 5.69 Å². The third-order valence-corrected chi connectivity index (χ3v) is 8.45. The number of hydrogen-bond donors (Lipinski definition) is 1. The van der Waals surface area contributed by atoms with Crippen molar-refractivity contribution in [2.24, 2.45) is 7.05 Å². The number of halogens is 4. The molecule has 2 aromatic carbocycles. The summed E-state index contributed by atoms with van der Waals surface area (Å²) < 4.78 is 13.1. The molecule has 0 radical (unpaired) electrons. The van der Waals surface area contributed by atoms with Crippen molar-refractivity contribution < 1.29 is 19.1 Å². The molecule has 0 aliphatic carbocycles. The van der Waals surface area contributed by atoms with E-state index in [0.717, 1.165) is 42.0 Å². The number of aryl methyl sites for hydroxylation is 1. The molecule has 10 nitrogen and oxygen atoms in total. The van der Waals surface area contributed by atoms with Gasteiger partial charge in [-0.25, -0.2) is 4.98 Å². The monoisotopic (exact) mass is 804 g/mol. The minimum absolute atomic E-state index is 0. The molecule has 2 amide bonds. The van der Waals surface area contributed by atoms with Gasteiger partial charge in [-0.1, -0.05) is 23.2 Å². The minimum atomic E-state index is -0.336. The van der Waals surface area contributed by atoms with E-state index in [1.165, 1.54) is 12.3 Å². The van der Waals surface area contributed by atoms with Gasteiger partial charge in [0.15, 0.2) is 0 Å². The fraction of sp³-hybridized carbons (Fsp3) is 0.212. The number of fused-ring (bicyclic) bond motifs is 1. The molecule has 0 atom stereocenters. The first kappa shape index (κ1) is 36.2. The zero-order chi connectivity index (χ0) is 31.5. The summed E-state index contributed by atoms with van der Waals surface area (Å²) in [5.74, 6) is 1.33. The van der Waals surface area contributed by atoms with E-state index in [4.69, 9.17) is 32.7 Å². The quantitative estimate of drug-likeness (QED) is 0.174. The molecular formula is C33H32Br2Cl2N6O4. The number of anilines is 1. The molecule has 1 N–H and O–H groups in total. The normalized spacial score (nSPS) is 13.0. The molecule has 1 saturated heterocycles. The van der Waals surface area contributed by atoms with Crippen molar-refractivity contribution in [2.45, 2.75) is 6.54 Å². The van der Waals surface area contributed by atoms with Crippen LogP contribution in [0.15, 0.2) is 79.1 Å². The number of nitrogens with one attached hydrogen (secondary N) is 1. The van der Waals surface area contributed by atoms with Crippen LogP contribution < -0.4 is 14.8 Å². The van der Waals surface area contributed by atoms with Crippen LogP contribution in [0.2, 0.25) is 10.0 Å². The summed E-state index contributed by atoms with van der Waals surface area (Å²) in [6.07, 6.45) is 3.23. The van der Waals surface area contributed by atoms with E-state index in [-0.39, 0.29) is 45.8 Å². The van der Waals surface area contributed by atoms with E-state index >= 15 is 0 Å². The fourth-order valence-electron chi connectivity index (χ4n) is 5.20. The predicted molar refractivity (Wildman–Crippen MR) is 194 cm³/mol. The highest BCUT2D eigenvalue weighted by atomic mass is 79.9. The van der Waals surface area contributed by atoms with Gasteiger partial charge >= 0.3 is 0 Å². The molecule has 6 rings (SSSR count). The highest BCUT2D eigenvalue weighted by Gasteiger charge is 2.25. The first-order chi connectivity index (χ1) is 21.8. The zero-order valence-corrected chi connectivity index (χ0v) is 30.4. The molecule has 5 aromatic rings. The summed E-state index contributed by atoms with van der Waals surface area (Å²) in [4.78, 5) is 39.0. The predicted octanol–water partition coefficient (Wildman–Crippen LogP) is 7.44. The molecule has 3 aromatic heterocycles. The lowest BCUT2D eigenvalue weighted by Crippen LogP contribution is -2.48.